The Balaban J connectivity index is 1.78. The normalized spacial score (nSPS) is 21.9. The van der Waals surface area contributed by atoms with Gasteiger partial charge in [-0.25, -0.2) is 0 Å². The lowest BCUT2D eigenvalue weighted by molar-refractivity contribution is -0.137. The lowest BCUT2D eigenvalue weighted by atomic mass is 10.1. The predicted octanol–water partition coefficient (Wildman–Crippen LogP) is 1.77. The quantitative estimate of drug-likeness (QED) is 0.826. The van der Waals surface area contributed by atoms with Crippen LogP contribution >= 0.6 is 0 Å². The van der Waals surface area contributed by atoms with Crippen LogP contribution in [-0.4, -0.2) is 69.3 Å². The van der Waals surface area contributed by atoms with Gasteiger partial charge in [-0.1, -0.05) is 0 Å². The van der Waals surface area contributed by atoms with Crippen molar-refractivity contribution in [1.82, 2.24) is 10.2 Å². The van der Waals surface area contributed by atoms with Crippen molar-refractivity contribution in [3.8, 4) is 0 Å². The minimum absolute atomic E-state index is 0.154. The van der Waals surface area contributed by atoms with Crippen molar-refractivity contribution < 1.29 is 22.7 Å². The maximum absolute atomic E-state index is 13.1. The molecule has 2 fully saturated rings. The van der Waals surface area contributed by atoms with Gasteiger partial charge >= 0.3 is 6.18 Å². The van der Waals surface area contributed by atoms with Crippen molar-refractivity contribution in [2.45, 2.75) is 19.1 Å². The highest BCUT2D eigenvalue weighted by molar-refractivity contribution is 5.96. The average molecular weight is 386 g/mol. The number of morpholine rings is 1. The lowest BCUT2D eigenvalue weighted by Crippen LogP contribution is -2.52. The molecule has 0 aliphatic carbocycles. The first-order valence-electron chi connectivity index (χ1n) is 9.13. The summed E-state index contributed by atoms with van der Waals surface area (Å²) in [5.41, 5.74) is 0.0119. The lowest BCUT2D eigenvalue weighted by Gasteiger charge is -2.34. The Morgan fingerprint density at radius 2 is 2.04 bits per heavy atom. The Labute approximate surface area is 156 Å². The summed E-state index contributed by atoms with van der Waals surface area (Å²) in [5.74, 6) is -0.308. The second-order valence-electron chi connectivity index (χ2n) is 6.90. The molecule has 0 radical (unpaired) electrons. The van der Waals surface area contributed by atoms with Crippen molar-refractivity contribution in [2.75, 3.05) is 62.7 Å². The molecule has 2 aliphatic heterocycles. The molecule has 1 amide bonds. The van der Waals surface area contributed by atoms with Gasteiger partial charge in [0.1, 0.15) is 0 Å². The molecule has 0 unspecified atom stereocenters. The average Bonchev–Trinajstić information content (AvgIpc) is 2.63. The standard InChI is InChI=1S/C18H25F3N4O2/c1-13-11-22-4-5-25(13)12-17(26)23-15-10-14(18(19,20)21)2-3-16(15)24-6-8-27-9-7-24/h2-3,10,13,22H,4-9,11-12H2,1H3,(H,23,26)/t13-/m0/s1. The van der Waals surface area contributed by atoms with E-state index < -0.39 is 11.7 Å². The minimum atomic E-state index is -4.46. The van der Waals surface area contributed by atoms with E-state index in [4.69, 9.17) is 4.74 Å². The largest absolute Gasteiger partial charge is 0.416 e. The number of piperazine rings is 1. The summed E-state index contributed by atoms with van der Waals surface area (Å²) < 4.78 is 44.7. The summed E-state index contributed by atoms with van der Waals surface area (Å²) in [4.78, 5) is 16.5. The van der Waals surface area contributed by atoms with E-state index in [1.807, 2.05) is 16.7 Å². The number of carbonyl (C=O) groups is 1. The molecule has 1 aromatic carbocycles. The number of benzene rings is 1. The Hall–Kier alpha value is -1.84. The van der Waals surface area contributed by atoms with Gasteiger partial charge in [-0.3, -0.25) is 9.69 Å². The highest BCUT2D eigenvalue weighted by atomic mass is 19.4. The van der Waals surface area contributed by atoms with E-state index in [0.717, 1.165) is 31.8 Å². The molecule has 1 atom stereocenters. The zero-order valence-corrected chi connectivity index (χ0v) is 15.3. The van der Waals surface area contributed by atoms with Crippen molar-refractivity contribution in [3.63, 3.8) is 0 Å². The van der Waals surface area contributed by atoms with E-state index in [1.165, 1.54) is 6.07 Å². The van der Waals surface area contributed by atoms with E-state index in [9.17, 15) is 18.0 Å². The molecule has 1 aromatic rings. The van der Waals surface area contributed by atoms with Gasteiger partial charge in [0.2, 0.25) is 5.91 Å². The predicted molar refractivity (Wildman–Crippen MR) is 97.0 cm³/mol. The van der Waals surface area contributed by atoms with Crippen LogP contribution in [0.1, 0.15) is 12.5 Å². The topological polar surface area (TPSA) is 56.8 Å². The molecule has 2 saturated heterocycles. The molecule has 6 nitrogen and oxygen atoms in total. The third-order valence-electron chi connectivity index (χ3n) is 4.94. The van der Waals surface area contributed by atoms with Crippen LogP contribution in [0.2, 0.25) is 0 Å². The van der Waals surface area contributed by atoms with Crippen LogP contribution in [-0.2, 0) is 15.7 Å². The van der Waals surface area contributed by atoms with Crippen LogP contribution in [0.25, 0.3) is 0 Å². The number of halogens is 3. The van der Waals surface area contributed by atoms with Gasteiger partial charge in [-0.2, -0.15) is 13.2 Å². The fraction of sp³-hybridized carbons (Fsp3) is 0.611. The van der Waals surface area contributed by atoms with E-state index in [-0.39, 0.29) is 24.2 Å². The van der Waals surface area contributed by atoms with Gasteiger partial charge in [0.15, 0.2) is 0 Å². The first-order chi connectivity index (χ1) is 12.8. The number of hydrogen-bond donors (Lipinski definition) is 2. The first-order valence-corrected chi connectivity index (χ1v) is 9.13. The number of alkyl halides is 3. The van der Waals surface area contributed by atoms with Crippen molar-refractivity contribution in [1.29, 1.82) is 0 Å². The van der Waals surface area contributed by atoms with Crippen molar-refractivity contribution in [2.24, 2.45) is 0 Å². The Morgan fingerprint density at radius 3 is 2.70 bits per heavy atom. The number of nitrogens with one attached hydrogen (secondary N) is 2. The van der Waals surface area contributed by atoms with Crippen molar-refractivity contribution in [3.05, 3.63) is 23.8 Å². The van der Waals surface area contributed by atoms with Crippen LogP contribution in [0.3, 0.4) is 0 Å². The molecular formula is C18H25F3N4O2. The molecule has 0 saturated carbocycles. The highest BCUT2D eigenvalue weighted by Crippen LogP contribution is 2.35. The molecule has 2 heterocycles. The molecule has 3 rings (SSSR count). The van der Waals surface area contributed by atoms with Gasteiger partial charge in [-0.05, 0) is 25.1 Å². The fourth-order valence-electron chi connectivity index (χ4n) is 3.38. The second kappa shape index (κ2) is 8.45. The summed E-state index contributed by atoms with van der Waals surface area (Å²) >= 11 is 0. The summed E-state index contributed by atoms with van der Waals surface area (Å²) in [7, 11) is 0. The molecular weight excluding hydrogens is 361 g/mol. The molecule has 0 bridgehead atoms. The number of amides is 1. The van der Waals surface area contributed by atoms with Gasteiger partial charge in [0, 0.05) is 38.8 Å². The maximum Gasteiger partial charge on any atom is 0.416 e. The Kier molecular flexibility index (Phi) is 6.23. The summed E-state index contributed by atoms with van der Waals surface area (Å²) in [6, 6.07) is 3.70. The van der Waals surface area contributed by atoms with Gasteiger partial charge in [-0.15, -0.1) is 0 Å². The summed E-state index contributed by atoms with van der Waals surface area (Å²) in [5, 5.41) is 5.95. The summed E-state index contributed by atoms with van der Waals surface area (Å²) in [6.45, 7) is 6.64. The van der Waals surface area contributed by atoms with Crippen LogP contribution in [0, 0.1) is 0 Å². The summed E-state index contributed by atoms with van der Waals surface area (Å²) in [6.07, 6.45) is -4.46. The SMILES string of the molecule is C[C@H]1CNCCN1CC(=O)Nc1cc(C(F)(F)F)ccc1N1CCOCC1. The molecule has 9 heteroatoms. The first kappa shape index (κ1) is 19.9. The number of rotatable bonds is 4. The monoisotopic (exact) mass is 386 g/mol. The Morgan fingerprint density at radius 1 is 1.30 bits per heavy atom. The molecule has 2 N–H and O–H groups in total. The third kappa shape index (κ3) is 5.12. The minimum Gasteiger partial charge on any atom is -0.378 e. The van der Waals surface area contributed by atoms with E-state index >= 15 is 0 Å². The zero-order valence-electron chi connectivity index (χ0n) is 15.3. The van der Waals surface area contributed by atoms with Crippen LogP contribution in [0.5, 0.6) is 0 Å². The van der Waals surface area contributed by atoms with E-state index in [2.05, 4.69) is 10.6 Å². The van der Waals surface area contributed by atoms with Crippen LogP contribution in [0.15, 0.2) is 18.2 Å². The third-order valence-corrected chi connectivity index (χ3v) is 4.94. The smallest absolute Gasteiger partial charge is 0.378 e. The number of anilines is 2. The maximum atomic E-state index is 13.1. The van der Waals surface area contributed by atoms with Gasteiger partial charge < -0.3 is 20.3 Å². The Bertz CT molecular complexity index is 662. The second-order valence-corrected chi connectivity index (χ2v) is 6.90. The zero-order chi connectivity index (χ0) is 19.4. The molecule has 150 valence electrons. The van der Waals surface area contributed by atoms with Crippen LogP contribution < -0.4 is 15.5 Å². The molecule has 27 heavy (non-hydrogen) atoms. The molecule has 2 aliphatic rings. The number of hydrogen-bond acceptors (Lipinski definition) is 5. The van der Waals surface area contributed by atoms with Crippen LogP contribution in [0.4, 0.5) is 24.5 Å². The number of ether oxygens (including phenoxy) is 1. The molecule has 0 aromatic heterocycles. The van der Waals surface area contributed by atoms with Gasteiger partial charge in [0.05, 0.1) is 36.7 Å². The fourth-order valence-corrected chi connectivity index (χ4v) is 3.38. The van der Waals surface area contributed by atoms with E-state index in [0.29, 0.717) is 32.0 Å². The number of nitrogens with zero attached hydrogens (tertiary/aromatic N) is 2. The number of carbonyl (C=O) groups excluding carboxylic acids is 1. The highest BCUT2D eigenvalue weighted by Gasteiger charge is 2.32. The van der Waals surface area contributed by atoms with E-state index in [1.54, 1.807) is 0 Å². The molecule has 0 spiro atoms. The van der Waals surface area contributed by atoms with Crippen molar-refractivity contribution >= 4 is 17.3 Å². The van der Waals surface area contributed by atoms with Gasteiger partial charge in [0.25, 0.3) is 0 Å².